The van der Waals surface area contributed by atoms with Gasteiger partial charge in [0.15, 0.2) is 0 Å². The van der Waals surface area contributed by atoms with E-state index in [0.717, 1.165) is 0 Å². The third kappa shape index (κ3) is 8.78. The zero-order valence-corrected chi connectivity index (χ0v) is 7.07. The van der Waals surface area contributed by atoms with E-state index in [2.05, 4.69) is 21.9 Å². The van der Waals surface area contributed by atoms with Crippen LogP contribution < -0.4 is 0 Å². The molecule has 0 aliphatic carbocycles. The third-order valence-electron chi connectivity index (χ3n) is 1.01. The van der Waals surface area contributed by atoms with Crippen LogP contribution in [0.1, 0.15) is 37.0 Å². The minimum atomic E-state index is -0.485. The van der Waals surface area contributed by atoms with Crippen LogP contribution in [0, 0.1) is 5.89 Å². The summed E-state index contributed by atoms with van der Waals surface area (Å²) in [4.78, 5) is 0. The summed E-state index contributed by atoms with van der Waals surface area (Å²) in [6.07, 6.45) is 0. The molecule has 0 nitrogen and oxygen atoms in total. The minimum absolute atomic E-state index is 0. The molecule has 0 aromatic carbocycles. The predicted molar refractivity (Wildman–Crippen MR) is 55.4 cm³/mol. The Hall–Kier alpha value is 0.780. The summed E-state index contributed by atoms with van der Waals surface area (Å²) in [5.41, 5.74) is 0. The lowest BCUT2D eigenvalue weighted by atomic mass is 10.1. The molecule has 60 valence electrons. The van der Waals surface area contributed by atoms with Gasteiger partial charge in [-0.15, -0.1) is 9.24 Å². The lowest BCUT2D eigenvalue weighted by Gasteiger charge is -2.21. The Kier molecular flexibility index (Phi) is 7.69. The van der Waals surface area contributed by atoms with E-state index in [9.17, 15) is 0 Å². The topological polar surface area (TPSA) is 0 Å². The third-order valence-corrected chi connectivity index (χ3v) is 2.04. The van der Waals surface area contributed by atoms with E-state index in [-0.39, 0.29) is 19.3 Å². The van der Waals surface area contributed by atoms with Gasteiger partial charge in [0.2, 0.25) is 0 Å². The molecule has 0 N–H and O–H groups in total. The smallest absolute Gasteiger partial charge is 0.0315 e. The van der Waals surface area contributed by atoms with Crippen LogP contribution in [0.15, 0.2) is 0 Å². The van der Waals surface area contributed by atoms with Crippen molar-refractivity contribution in [3.05, 3.63) is 0 Å². The Labute approximate surface area is 69.8 Å². The summed E-state index contributed by atoms with van der Waals surface area (Å²) in [5.74, 6) is -0.485. The summed E-state index contributed by atoms with van der Waals surface area (Å²) in [5, 5.41) is 0. The molecule has 0 aromatic heterocycles. The van der Waals surface area contributed by atoms with E-state index in [0.29, 0.717) is 0 Å². The molecule has 0 saturated carbocycles. The molecular weight excluding hydrogens is 147 g/mol. The van der Waals surface area contributed by atoms with E-state index in [1.807, 2.05) is 20.8 Å². The Morgan fingerprint density at radius 2 is 1.67 bits per heavy atom. The van der Waals surface area contributed by atoms with Crippen molar-refractivity contribution < 1.29 is 1.37 Å². The van der Waals surface area contributed by atoms with Gasteiger partial charge in [-0.05, 0) is 12.8 Å². The maximum Gasteiger partial charge on any atom is 0.0315 e. The maximum atomic E-state index is 7.49. The fourth-order valence-corrected chi connectivity index (χ4v) is 0. The summed E-state index contributed by atoms with van der Waals surface area (Å²) in [6, 6.07) is 0. The average Bonchev–Trinajstić information content (AvgIpc) is 1.25. The van der Waals surface area contributed by atoms with Crippen LogP contribution >= 0.6 is 21.9 Å². The second kappa shape index (κ2) is 5.56. The summed E-state index contributed by atoms with van der Waals surface area (Å²) in [6.45, 7) is 5.59. The van der Waals surface area contributed by atoms with E-state index >= 15 is 0 Å². The van der Waals surface area contributed by atoms with Crippen molar-refractivity contribution in [3.63, 3.8) is 0 Å². The number of hydrogen-bond acceptors (Lipinski definition) is 1. The van der Waals surface area contributed by atoms with Crippen molar-refractivity contribution in [3.8, 4) is 0 Å². The van der Waals surface area contributed by atoms with E-state index < -0.39 is 5.89 Å². The van der Waals surface area contributed by atoms with Gasteiger partial charge in [-0.25, -0.2) is 0 Å². The molecule has 2 atom stereocenters. The number of rotatable bonds is 1. The van der Waals surface area contributed by atoms with Crippen LogP contribution in [0.25, 0.3) is 0 Å². The fourth-order valence-electron chi connectivity index (χ4n) is 0. The van der Waals surface area contributed by atoms with Crippen molar-refractivity contribution >= 4 is 21.9 Å². The molecule has 0 bridgehead atoms. The van der Waals surface area contributed by atoms with Crippen LogP contribution in [-0.2, 0) is 0 Å². The summed E-state index contributed by atoms with van der Waals surface area (Å²) >= 11 is 4.21. The molecule has 2 unspecified atom stereocenters. The van der Waals surface area contributed by atoms with Crippen molar-refractivity contribution in [2.24, 2.45) is 5.89 Å². The van der Waals surface area contributed by atoms with E-state index in [1.54, 1.807) is 0 Å². The van der Waals surface area contributed by atoms with Crippen LogP contribution in [0.3, 0.4) is 0 Å². The summed E-state index contributed by atoms with van der Waals surface area (Å²) < 4.78 is 7.20. The summed E-state index contributed by atoms with van der Waals surface area (Å²) in [7, 11) is 2.54. The second-order valence-corrected chi connectivity index (χ2v) is 4.72. The van der Waals surface area contributed by atoms with Gasteiger partial charge in [0, 0.05) is 5.86 Å². The van der Waals surface area contributed by atoms with Gasteiger partial charge < -0.3 is 0 Å². The predicted octanol–water partition coefficient (Wildman–Crippen LogP) is 3.44. The first-order valence-electron chi connectivity index (χ1n) is 2.76. The highest BCUT2D eigenvalue weighted by molar-refractivity contribution is 7.86. The fraction of sp³-hybridized carbons (Fsp3) is 1.00. The molecule has 0 aromatic rings. The first kappa shape index (κ1) is 12.5. The van der Waals surface area contributed by atoms with Crippen LogP contribution in [0.4, 0.5) is 0 Å². The minimum Gasteiger partial charge on any atom is -0.168 e. The largest absolute Gasteiger partial charge is 0.168 e. The Morgan fingerprint density at radius 1 is 1.56 bits per heavy atom. The molecule has 0 spiro atoms. The maximum absolute atomic E-state index is 7.49. The van der Waals surface area contributed by atoms with E-state index in [1.165, 1.54) is 0 Å². The van der Waals surface area contributed by atoms with Crippen molar-refractivity contribution in [2.75, 3.05) is 0 Å². The monoisotopic (exact) mass is 170 g/mol. The molecule has 0 aliphatic heterocycles. The van der Waals surface area contributed by atoms with Gasteiger partial charge in [0.25, 0.3) is 0 Å². The Balaban J connectivity index is -0.000000245. The van der Waals surface area contributed by atoms with Gasteiger partial charge in [0.1, 0.15) is 0 Å². The average molecular weight is 170 g/mol. The molecule has 2 heteroatoms. The van der Waals surface area contributed by atoms with Crippen LogP contribution in [0.2, 0.25) is 0 Å². The first-order valence-corrected chi connectivity index (χ1v) is 3.29. The lowest BCUT2D eigenvalue weighted by Crippen LogP contribution is -2.13. The molecule has 0 rings (SSSR count). The first-order chi connectivity index (χ1) is 3.25. The Morgan fingerprint density at radius 3 is 1.67 bits per heavy atom. The zero-order chi connectivity index (χ0) is 7.00. The lowest BCUT2D eigenvalue weighted by molar-refractivity contribution is 0.608. The second-order valence-electron chi connectivity index (χ2n) is 2.15. The Bertz CT molecular complexity index is 68.6. The van der Waals surface area contributed by atoms with Crippen molar-refractivity contribution in [2.45, 2.75) is 40.1 Å². The molecule has 9 heavy (non-hydrogen) atoms. The normalized spacial score (nSPS) is 18.1. The van der Waals surface area contributed by atoms with Crippen LogP contribution in [0.5, 0.6) is 0 Å². The number of thiol groups is 1. The standard InChI is InChI=1S/C5H13PS.2CH4/c1-4(2)5(3,6)7;;/h4,7H,6H2,1-3H3;2*1H4/i4T;;. The zero-order valence-electron chi connectivity index (χ0n) is 6.02. The van der Waals surface area contributed by atoms with Gasteiger partial charge in [-0.3, -0.25) is 0 Å². The van der Waals surface area contributed by atoms with Gasteiger partial charge in [-0.1, -0.05) is 28.7 Å². The van der Waals surface area contributed by atoms with E-state index in [4.69, 9.17) is 1.37 Å². The highest BCUT2D eigenvalue weighted by atomic mass is 32.1. The highest BCUT2D eigenvalue weighted by Gasteiger charge is 2.15. The molecule has 0 amide bonds. The molecule has 0 aliphatic rings. The molecular formula is C7H21PS. The molecule has 0 heterocycles. The SMILES string of the molecule is C.C.[3H]C(C)(C)C(C)(P)S. The number of hydrogen-bond donors (Lipinski definition) is 1. The van der Waals surface area contributed by atoms with Crippen molar-refractivity contribution in [1.29, 1.82) is 0 Å². The molecule has 0 radical (unpaired) electrons. The molecule has 0 saturated heterocycles. The molecule has 0 fully saturated rings. The van der Waals surface area contributed by atoms with Crippen molar-refractivity contribution in [1.82, 2.24) is 0 Å². The van der Waals surface area contributed by atoms with Crippen LogP contribution in [-0.4, -0.2) is 4.49 Å². The van der Waals surface area contributed by atoms with Gasteiger partial charge in [-0.2, -0.15) is 12.6 Å². The quantitative estimate of drug-likeness (QED) is 0.452. The highest BCUT2D eigenvalue weighted by Crippen LogP contribution is 2.30. The van der Waals surface area contributed by atoms with Gasteiger partial charge in [0.05, 0.1) is 0 Å². The van der Waals surface area contributed by atoms with Gasteiger partial charge >= 0.3 is 0 Å².